The molecule has 1 saturated carbocycles. The molecule has 1 amide bonds. The molecule has 0 radical (unpaired) electrons. The molecule has 4 aliphatic rings. The molecule has 1 aromatic rings. The highest BCUT2D eigenvalue weighted by atomic mass is 16.5. The van der Waals surface area contributed by atoms with E-state index in [0.29, 0.717) is 11.8 Å². The maximum absolute atomic E-state index is 13.4. The van der Waals surface area contributed by atoms with Crippen molar-refractivity contribution < 1.29 is 14.3 Å². The molecule has 2 aliphatic heterocycles. The van der Waals surface area contributed by atoms with Gasteiger partial charge in [-0.05, 0) is 54.4 Å². The fourth-order valence-corrected chi connectivity index (χ4v) is 5.25. The summed E-state index contributed by atoms with van der Waals surface area (Å²) >= 11 is 0. The molecular formula is C23H30N2O3. The SMILES string of the molecule is O=C(c1ccc2c(c1)CCO2)N(CCN1CCOCC1)C[C@@H]1C[C@@H]2C=C[C@H]1C2. The van der Waals surface area contributed by atoms with Gasteiger partial charge in [0, 0.05) is 44.7 Å². The van der Waals surface area contributed by atoms with Crippen LogP contribution in [0.4, 0.5) is 0 Å². The quantitative estimate of drug-likeness (QED) is 0.710. The fourth-order valence-electron chi connectivity index (χ4n) is 5.25. The van der Waals surface area contributed by atoms with E-state index in [2.05, 4.69) is 22.0 Å². The Morgan fingerprint density at radius 1 is 1.14 bits per heavy atom. The lowest BCUT2D eigenvalue weighted by Gasteiger charge is -2.32. The van der Waals surface area contributed by atoms with Crippen LogP contribution < -0.4 is 4.74 Å². The minimum absolute atomic E-state index is 0.176. The average Bonchev–Trinajstić information content (AvgIpc) is 3.47. The Balaban J connectivity index is 1.30. The molecular weight excluding hydrogens is 352 g/mol. The average molecular weight is 383 g/mol. The normalized spacial score (nSPS) is 28.4. The predicted molar refractivity (Wildman–Crippen MR) is 108 cm³/mol. The van der Waals surface area contributed by atoms with Crippen molar-refractivity contribution in [3.05, 3.63) is 41.5 Å². The van der Waals surface area contributed by atoms with Gasteiger partial charge in [-0.15, -0.1) is 0 Å². The van der Waals surface area contributed by atoms with E-state index in [1.165, 1.54) is 18.4 Å². The molecule has 0 spiro atoms. The highest BCUT2D eigenvalue weighted by molar-refractivity contribution is 5.94. The Morgan fingerprint density at radius 3 is 2.82 bits per heavy atom. The summed E-state index contributed by atoms with van der Waals surface area (Å²) in [6.07, 6.45) is 8.19. The van der Waals surface area contributed by atoms with Crippen molar-refractivity contribution in [1.82, 2.24) is 9.80 Å². The highest BCUT2D eigenvalue weighted by Gasteiger charge is 2.37. The van der Waals surface area contributed by atoms with Crippen molar-refractivity contribution >= 4 is 5.91 Å². The minimum Gasteiger partial charge on any atom is -0.493 e. The summed E-state index contributed by atoms with van der Waals surface area (Å²) in [6.45, 7) is 6.87. The zero-order valence-corrected chi connectivity index (χ0v) is 16.5. The lowest BCUT2D eigenvalue weighted by molar-refractivity contribution is 0.0313. The van der Waals surface area contributed by atoms with Crippen molar-refractivity contribution in [3.8, 4) is 5.75 Å². The van der Waals surface area contributed by atoms with Crippen LogP contribution in [0.15, 0.2) is 30.4 Å². The van der Waals surface area contributed by atoms with E-state index in [9.17, 15) is 4.79 Å². The fraction of sp³-hybridized carbons (Fsp3) is 0.609. The molecule has 0 unspecified atom stereocenters. The van der Waals surface area contributed by atoms with Gasteiger partial charge in [-0.2, -0.15) is 0 Å². The number of rotatable bonds is 6. The number of morpholine rings is 1. The van der Waals surface area contributed by atoms with Crippen LogP contribution in [0, 0.1) is 17.8 Å². The van der Waals surface area contributed by atoms with Gasteiger partial charge >= 0.3 is 0 Å². The highest BCUT2D eigenvalue weighted by Crippen LogP contribution is 2.43. The van der Waals surface area contributed by atoms with Crippen molar-refractivity contribution in [3.63, 3.8) is 0 Å². The third-order valence-electron chi connectivity index (χ3n) is 6.88. The summed E-state index contributed by atoms with van der Waals surface area (Å²) in [6, 6.07) is 5.96. The lowest BCUT2D eigenvalue weighted by atomic mass is 9.93. The second kappa shape index (κ2) is 7.88. The summed E-state index contributed by atoms with van der Waals surface area (Å²) in [5.41, 5.74) is 1.98. The molecule has 5 nitrogen and oxygen atoms in total. The molecule has 1 saturated heterocycles. The van der Waals surface area contributed by atoms with E-state index >= 15 is 0 Å². The number of benzene rings is 1. The van der Waals surface area contributed by atoms with Crippen LogP contribution in [0.1, 0.15) is 28.8 Å². The third kappa shape index (κ3) is 3.70. The molecule has 5 heteroatoms. The molecule has 2 heterocycles. The smallest absolute Gasteiger partial charge is 0.253 e. The molecule has 1 aromatic carbocycles. The number of nitrogens with zero attached hydrogens (tertiary/aromatic N) is 2. The summed E-state index contributed by atoms with van der Waals surface area (Å²) in [5, 5.41) is 0. The molecule has 5 rings (SSSR count). The molecule has 0 N–H and O–H groups in total. The summed E-state index contributed by atoms with van der Waals surface area (Å²) in [7, 11) is 0. The van der Waals surface area contributed by atoms with E-state index in [4.69, 9.17) is 9.47 Å². The maximum Gasteiger partial charge on any atom is 0.253 e. The van der Waals surface area contributed by atoms with Crippen LogP contribution in [0.5, 0.6) is 5.75 Å². The van der Waals surface area contributed by atoms with Crippen molar-refractivity contribution in [2.24, 2.45) is 17.8 Å². The maximum atomic E-state index is 13.4. The molecule has 0 aromatic heterocycles. The molecule has 3 atom stereocenters. The number of hydrogen-bond donors (Lipinski definition) is 0. The van der Waals surface area contributed by atoms with Crippen molar-refractivity contribution in [1.29, 1.82) is 0 Å². The van der Waals surface area contributed by atoms with Gasteiger partial charge in [-0.25, -0.2) is 0 Å². The second-order valence-corrected chi connectivity index (χ2v) is 8.67. The topological polar surface area (TPSA) is 42.0 Å². The van der Waals surface area contributed by atoms with Gasteiger partial charge in [0.05, 0.1) is 19.8 Å². The van der Waals surface area contributed by atoms with E-state index < -0.39 is 0 Å². The zero-order chi connectivity index (χ0) is 18.9. The predicted octanol–water partition coefficient (Wildman–Crippen LogP) is 2.61. The summed E-state index contributed by atoms with van der Waals surface area (Å²) < 4.78 is 11.1. The molecule has 2 bridgehead atoms. The minimum atomic E-state index is 0.176. The number of carbonyl (C=O) groups is 1. The largest absolute Gasteiger partial charge is 0.493 e. The van der Waals surface area contributed by atoms with Crippen molar-refractivity contribution in [2.75, 3.05) is 52.5 Å². The first kappa shape index (κ1) is 18.2. The summed E-state index contributed by atoms with van der Waals surface area (Å²) in [5.74, 6) is 3.13. The van der Waals surface area contributed by atoms with Gasteiger partial charge in [0.25, 0.3) is 5.91 Å². The lowest BCUT2D eigenvalue weighted by Crippen LogP contribution is -2.44. The molecule has 150 valence electrons. The van der Waals surface area contributed by atoms with E-state index in [1.54, 1.807) is 0 Å². The number of carbonyl (C=O) groups excluding carboxylic acids is 1. The monoisotopic (exact) mass is 382 g/mol. The van der Waals surface area contributed by atoms with Gasteiger partial charge in [-0.3, -0.25) is 9.69 Å². The van der Waals surface area contributed by atoms with Crippen LogP contribution in [0.25, 0.3) is 0 Å². The number of hydrogen-bond acceptors (Lipinski definition) is 4. The van der Waals surface area contributed by atoms with Crippen LogP contribution in [0.3, 0.4) is 0 Å². The van der Waals surface area contributed by atoms with E-state index in [1.807, 2.05) is 18.2 Å². The Morgan fingerprint density at radius 2 is 2.04 bits per heavy atom. The third-order valence-corrected chi connectivity index (χ3v) is 6.88. The molecule has 2 fully saturated rings. The van der Waals surface area contributed by atoms with Crippen molar-refractivity contribution in [2.45, 2.75) is 19.3 Å². The summed E-state index contributed by atoms with van der Waals surface area (Å²) in [4.78, 5) is 18.0. The van der Waals surface area contributed by atoms with Gasteiger partial charge < -0.3 is 14.4 Å². The first-order chi connectivity index (χ1) is 13.8. The number of allylic oxidation sites excluding steroid dienone is 2. The van der Waals surface area contributed by atoms with Crippen LogP contribution in [-0.4, -0.2) is 68.3 Å². The van der Waals surface area contributed by atoms with Gasteiger partial charge in [0.2, 0.25) is 0 Å². The van der Waals surface area contributed by atoms with E-state index in [0.717, 1.165) is 76.2 Å². The molecule has 28 heavy (non-hydrogen) atoms. The Kier molecular flexibility index (Phi) is 5.12. The van der Waals surface area contributed by atoms with E-state index in [-0.39, 0.29) is 5.91 Å². The first-order valence-corrected chi connectivity index (χ1v) is 10.8. The first-order valence-electron chi connectivity index (χ1n) is 10.8. The number of fused-ring (bicyclic) bond motifs is 3. The number of amides is 1. The van der Waals surface area contributed by atoms with Crippen LogP contribution >= 0.6 is 0 Å². The van der Waals surface area contributed by atoms with Crippen LogP contribution in [0.2, 0.25) is 0 Å². The molecule has 2 aliphatic carbocycles. The number of ether oxygens (including phenoxy) is 2. The van der Waals surface area contributed by atoms with Gasteiger partial charge in [-0.1, -0.05) is 12.2 Å². The van der Waals surface area contributed by atoms with Crippen LogP contribution in [-0.2, 0) is 11.2 Å². The Labute approximate surface area is 167 Å². The Bertz CT molecular complexity index is 756. The zero-order valence-electron chi connectivity index (χ0n) is 16.5. The Hall–Kier alpha value is -1.85. The standard InChI is InChI=1S/C23H30N2O3/c26-23(20-3-4-22-19(15-20)5-10-28-22)25(7-6-24-8-11-27-12-9-24)16-21-14-17-1-2-18(21)13-17/h1-4,15,17-18,21H,5-14,16H2/t17-,18+,21+/m1/s1. The van der Waals surface area contributed by atoms with Gasteiger partial charge in [0.15, 0.2) is 0 Å². The van der Waals surface area contributed by atoms with Gasteiger partial charge in [0.1, 0.15) is 5.75 Å². The second-order valence-electron chi connectivity index (χ2n) is 8.67.